The van der Waals surface area contributed by atoms with Gasteiger partial charge in [-0.2, -0.15) is 11.8 Å². The molecule has 0 spiro atoms. The Labute approximate surface area is 145 Å². The minimum Gasteiger partial charge on any atom is -0.465 e. The van der Waals surface area contributed by atoms with Crippen molar-refractivity contribution in [3.63, 3.8) is 0 Å². The van der Waals surface area contributed by atoms with Crippen molar-refractivity contribution in [1.29, 1.82) is 0 Å². The third kappa shape index (κ3) is 4.64. The Kier molecular flexibility index (Phi) is 5.97. The fourth-order valence-corrected chi connectivity index (χ4v) is 4.25. The summed E-state index contributed by atoms with van der Waals surface area (Å²) < 4.78 is 4.86. The lowest BCUT2D eigenvalue weighted by Crippen LogP contribution is -2.41. The summed E-state index contributed by atoms with van der Waals surface area (Å²) in [5.74, 6) is 1.69. The van der Waals surface area contributed by atoms with Gasteiger partial charge in [0.05, 0.1) is 19.3 Å². The van der Waals surface area contributed by atoms with E-state index in [1.807, 2.05) is 22.7 Å². The highest BCUT2D eigenvalue weighted by Crippen LogP contribution is 2.35. The number of carbonyl (C=O) groups is 2. The van der Waals surface area contributed by atoms with Crippen LogP contribution in [0.2, 0.25) is 0 Å². The number of esters is 1. The molecule has 0 saturated carbocycles. The molecule has 0 bridgehead atoms. The Hall–Kier alpha value is -1.21. The lowest BCUT2D eigenvalue weighted by Gasteiger charge is -2.26. The van der Waals surface area contributed by atoms with Crippen LogP contribution in [0, 0.1) is 0 Å². The smallest absolute Gasteiger partial charge is 0.350 e. The molecular weight excluding hydrogens is 332 g/mol. The molecule has 7 heteroatoms. The van der Waals surface area contributed by atoms with Gasteiger partial charge in [0.25, 0.3) is 0 Å². The number of anilines is 1. The third-order valence-electron chi connectivity index (χ3n) is 3.64. The molecule has 0 aromatic carbocycles. The molecule has 1 aromatic heterocycles. The zero-order valence-electron chi connectivity index (χ0n) is 14.1. The first-order chi connectivity index (χ1) is 10.8. The lowest BCUT2D eigenvalue weighted by molar-refractivity contribution is -0.128. The van der Waals surface area contributed by atoms with E-state index in [0.717, 1.165) is 29.5 Å². The summed E-state index contributed by atoms with van der Waals surface area (Å²) in [4.78, 5) is 27.7. The van der Waals surface area contributed by atoms with Crippen molar-refractivity contribution in [1.82, 2.24) is 4.90 Å². The molecule has 23 heavy (non-hydrogen) atoms. The molecule has 2 rings (SSSR count). The van der Waals surface area contributed by atoms with Gasteiger partial charge in [-0.1, -0.05) is 20.8 Å². The number of nitrogens with zero attached hydrogens (tertiary/aromatic N) is 1. The topological polar surface area (TPSA) is 58.6 Å². The van der Waals surface area contributed by atoms with E-state index in [4.69, 9.17) is 4.74 Å². The number of methoxy groups -OCH3 is 1. The molecule has 2 heterocycles. The first-order valence-electron chi connectivity index (χ1n) is 7.65. The van der Waals surface area contributed by atoms with Crippen LogP contribution in [0.3, 0.4) is 0 Å². The number of hydrogen-bond acceptors (Lipinski definition) is 6. The molecule has 128 valence electrons. The molecule has 1 aromatic rings. The van der Waals surface area contributed by atoms with Crippen LogP contribution < -0.4 is 5.32 Å². The molecule has 1 aliphatic heterocycles. The largest absolute Gasteiger partial charge is 0.465 e. The van der Waals surface area contributed by atoms with Gasteiger partial charge in [-0.3, -0.25) is 4.79 Å². The SMILES string of the molecule is COC(=O)c1sc(C(C)(C)C)cc1NCC(=O)N1CCSCC1. The molecule has 0 unspecified atom stereocenters. The highest BCUT2D eigenvalue weighted by molar-refractivity contribution is 7.99. The average Bonchev–Trinajstić information content (AvgIpc) is 2.97. The van der Waals surface area contributed by atoms with Gasteiger partial charge in [-0.25, -0.2) is 4.79 Å². The van der Waals surface area contributed by atoms with Crippen molar-refractivity contribution in [2.24, 2.45) is 0 Å². The molecule has 0 radical (unpaired) electrons. The zero-order chi connectivity index (χ0) is 17.0. The van der Waals surface area contributed by atoms with Crippen LogP contribution in [-0.4, -0.2) is 55.0 Å². The molecule has 0 aliphatic carbocycles. The van der Waals surface area contributed by atoms with Gasteiger partial charge in [0.2, 0.25) is 5.91 Å². The maximum Gasteiger partial charge on any atom is 0.350 e. The van der Waals surface area contributed by atoms with Gasteiger partial charge in [-0.15, -0.1) is 11.3 Å². The Balaban J connectivity index is 2.09. The Bertz CT molecular complexity index is 572. The van der Waals surface area contributed by atoms with Crippen molar-refractivity contribution in [2.45, 2.75) is 26.2 Å². The number of nitrogens with one attached hydrogen (secondary N) is 1. The minimum absolute atomic E-state index is 0.0541. The van der Waals surface area contributed by atoms with E-state index < -0.39 is 0 Å². The summed E-state index contributed by atoms with van der Waals surface area (Å²) in [7, 11) is 1.37. The average molecular weight is 357 g/mol. The number of ether oxygens (including phenoxy) is 1. The predicted molar refractivity (Wildman–Crippen MR) is 96.8 cm³/mol. The molecule has 1 amide bonds. The van der Waals surface area contributed by atoms with Crippen LogP contribution in [0.4, 0.5) is 5.69 Å². The first-order valence-corrected chi connectivity index (χ1v) is 9.62. The second-order valence-electron chi connectivity index (χ2n) is 6.44. The van der Waals surface area contributed by atoms with Crippen molar-refractivity contribution < 1.29 is 14.3 Å². The van der Waals surface area contributed by atoms with Crippen LogP contribution in [0.25, 0.3) is 0 Å². The predicted octanol–water partition coefficient (Wildman–Crippen LogP) is 2.82. The van der Waals surface area contributed by atoms with Gasteiger partial charge in [-0.05, 0) is 11.5 Å². The molecule has 1 aliphatic rings. The number of thioether (sulfide) groups is 1. The molecule has 1 fully saturated rings. The summed E-state index contributed by atoms with van der Waals surface area (Å²) in [5, 5.41) is 3.13. The van der Waals surface area contributed by atoms with Crippen molar-refractivity contribution in [2.75, 3.05) is 43.6 Å². The van der Waals surface area contributed by atoms with E-state index in [1.165, 1.54) is 18.4 Å². The minimum atomic E-state index is -0.366. The maximum atomic E-state index is 12.3. The van der Waals surface area contributed by atoms with Crippen LogP contribution in [0.5, 0.6) is 0 Å². The van der Waals surface area contributed by atoms with Gasteiger partial charge < -0.3 is 15.0 Å². The highest BCUT2D eigenvalue weighted by Gasteiger charge is 2.24. The fraction of sp³-hybridized carbons (Fsp3) is 0.625. The normalized spacial score (nSPS) is 15.4. The van der Waals surface area contributed by atoms with Crippen molar-refractivity contribution >= 4 is 40.7 Å². The third-order valence-corrected chi connectivity index (χ3v) is 6.12. The second-order valence-corrected chi connectivity index (χ2v) is 8.72. The Morgan fingerprint density at radius 1 is 1.30 bits per heavy atom. The van der Waals surface area contributed by atoms with Crippen LogP contribution >= 0.6 is 23.1 Å². The number of hydrogen-bond donors (Lipinski definition) is 1. The van der Waals surface area contributed by atoms with E-state index in [-0.39, 0.29) is 23.8 Å². The van der Waals surface area contributed by atoms with Crippen molar-refractivity contribution in [3.8, 4) is 0 Å². The summed E-state index contributed by atoms with van der Waals surface area (Å²) in [6.45, 7) is 8.09. The van der Waals surface area contributed by atoms with E-state index in [9.17, 15) is 9.59 Å². The van der Waals surface area contributed by atoms with Gasteiger partial charge in [0.15, 0.2) is 0 Å². The summed E-state index contributed by atoms with van der Waals surface area (Å²) in [6.07, 6.45) is 0. The number of rotatable bonds is 4. The van der Waals surface area contributed by atoms with Crippen LogP contribution in [0.15, 0.2) is 6.07 Å². The van der Waals surface area contributed by atoms with E-state index in [1.54, 1.807) is 0 Å². The highest BCUT2D eigenvalue weighted by atomic mass is 32.2. The van der Waals surface area contributed by atoms with Gasteiger partial charge in [0.1, 0.15) is 4.88 Å². The molecule has 5 nitrogen and oxygen atoms in total. The number of amides is 1. The van der Waals surface area contributed by atoms with Crippen LogP contribution in [0.1, 0.15) is 35.3 Å². The van der Waals surface area contributed by atoms with Gasteiger partial charge in [0, 0.05) is 29.5 Å². The van der Waals surface area contributed by atoms with Gasteiger partial charge >= 0.3 is 5.97 Å². The van der Waals surface area contributed by atoms with E-state index in [2.05, 4.69) is 26.1 Å². The Morgan fingerprint density at radius 3 is 2.52 bits per heavy atom. The zero-order valence-corrected chi connectivity index (χ0v) is 15.7. The fourth-order valence-electron chi connectivity index (χ4n) is 2.23. The molecule has 1 N–H and O–H groups in total. The molecule has 1 saturated heterocycles. The summed E-state index contributed by atoms with van der Waals surface area (Å²) >= 11 is 3.29. The van der Waals surface area contributed by atoms with Crippen molar-refractivity contribution in [3.05, 3.63) is 15.8 Å². The lowest BCUT2D eigenvalue weighted by atomic mass is 9.94. The monoisotopic (exact) mass is 356 g/mol. The van der Waals surface area contributed by atoms with Crippen LogP contribution in [-0.2, 0) is 14.9 Å². The maximum absolute atomic E-state index is 12.3. The van der Waals surface area contributed by atoms with E-state index >= 15 is 0 Å². The molecular formula is C16H24N2O3S2. The second kappa shape index (κ2) is 7.57. The number of thiophene rings is 1. The standard InChI is InChI=1S/C16H24N2O3S2/c1-16(2,3)12-9-11(14(23-12)15(20)21-4)17-10-13(19)18-5-7-22-8-6-18/h9,17H,5-8,10H2,1-4H3. The summed E-state index contributed by atoms with van der Waals surface area (Å²) in [5.41, 5.74) is 0.632. The Morgan fingerprint density at radius 2 is 1.96 bits per heavy atom. The molecule has 0 atom stereocenters. The summed E-state index contributed by atoms with van der Waals surface area (Å²) in [6, 6.07) is 1.95. The number of carbonyl (C=O) groups excluding carboxylic acids is 2. The quantitative estimate of drug-likeness (QED) is 0.841. The first kappa shape index (κ1) is 18.1. The van der Waals surface area contributed by atoms with E-state index in [0.29, 0.717) is 10.6 Å².